The maximum Gasteiger partial charge on any atom is 0.248 e. The van der Waals surface area contributed by atoms with Crippen LogP contribution in [0.1, 0.15) is 12.0 Å². The van der Waals surface area contributed by atoms with Crippen molar-refractivity contribution in [2.24, 2.45) is 0 Å². The Morgan fingerprint density at radius 1 is 1.38 bits per heavy atom. The Hall–Kier alpha value is -1.95. The predicted molar refractivity (Wildman–Crippen MR) is 75.1 cm³/mol. The summed E-state index contributed by atoms with van der Waals surface area (Å²) < 4.78 is 18.4. The number of morpholine rings is 1. The first-order valence-corrected chi connectivity index (χ1v) is 7.02. The van der Waals surface area contributed by atoms with E-state index in [1.54, 1.807) is 23.1 Å². The lowest BCUT2D eigenvalue weighted by Crippen LogP contribution is -2.45. The number of halogens is 1. The minimum atomic E-state index is -0.288. The van der Waals surface area contributed by atoms with E-state index in [2.05, 4.69) is 5.32 Å². The SMILES string of the molecule is O=C(CCc1ccccc1F)NCCN1CCOCC1=O. The number of rotatable bonds is 6. The van der Waals surface area contributed by atoms with Gasteiger partial charge in [0.05, 0.1) is 6.61 Å². The molecular weight excluding hydrogens is 275 g/mol. The molecule has 2 amide bonds. The number of benzene rings is 1. The van der Waals surface area contributed by atoms with Gasteiger partial charge >= 0.3 is 0 Å². The van der Waals surface area contributed by atoms with Gasteiger partial charge in [-0.05, 0) is 18.1 Å². The number of nitrogens with zero attached hydrogens (tertiary/aromatic N) is 1. The number of carbonyl (C=O) groups excluding carboxylic acids is 2. The molecule has 1 saturated heterocycles. The fourth-order valence-electron chi connectivity index (χ4n) is 2.15. The number of aryl methyl sites for hydroxylation is 1. The van der Waals surface area contributed by atoms with Gasteiger partial charge in [0, 0.05) is 26.1 Å². The summed E-state index contributed by atoms with van der Waals surface area (Å²) in [4.78, 5) is 24.8. The van der Waals surface area contributed by atoms with Crippen LogP contribution in [0.15, 0.2) is 24.3 Å². The first-order valence-electron chi connectivity index (χ1n) is 7.02. The summed E-state index contributed by atoms with van der Waals surface area (Å²) >= 11 is 0. The monoisotopic (exact) mass is 294 g/mol. The highest BCUT2D eigenvalue weighted by Crippen LogP contribution is 2.08. The first kappa shape index (κ1) is 15.4. The summed E-state index contributed by atoms with van der Waals surface area (Å²) in [6.07, 6.45) is 0.604. The van der Waals surface area contributed by atoms with E-state index in [1.165, 1.54) is 6.07 Å². The van der Waals surface area contributed by atoms with Gasteiger partial charge in [-0.1, -0.05) is 18.2 Å². The Balaban J connectivity index is 1.66. The smallest absolute Gasteiger partial charge is 0.248 e. The molecule has 6 heteroatoms. The Bertz CT molecular complexity index is 507. The number of carbonyl (C=O) groups is 2. The highest BCUT2D eigenvalue weighted by atomic mass is 19.1. The third-order valence-corrected chi connectivity index (χ3v) is 3.37. The molecular formula is C15H19FN2O3. The zero-order chi connectivity index (χ0) is 15.1. The summed E-state index contributed by atoms with van der Waals surface area (Å²) in [5.74, 6) is -0.481. The van der Waals surface area contributed by atoms with Gasteiger partial charge in [0.2, 0.25) is 11.8 Å². The van der Waals surface area contributed by atoms with Crippen molar-refractivity contribution in [2.75, 3.05) is 32.8 Å². The number of ether oxygens (including phenoxy) is 1. The van der Waals surface area contributed by atoms with Gasteiger partial charge in [-0.15, -0.1) is 0 Å². The second-order valence-corrected chi connectivity index (χ2v) is 4.87. The van der Waals surface area contributed by atoms with Gasteiger partial charge in [-0.3, -0.25) is 9.59 Å². The normalized spacial score (nSPS) is 15.1. The number of nitrogens with one attached hydrogen (secondary N) is 1. The Morgan fingerprint density at radius 3 is 2.95 bits per heavy atom. The Morgan fingerprint density at radius 2 is 2.19 bits per heavy atom. The molecule has 2 rings (SSSR count). The highest BCUT2D eigenvalue weighted by Gasteiger charge is 2.17. The molecule has 114 valence electrons. The molecule has 0 unspecified atom stereocenters. The molecule has 0 spiro atoms. The van der Waals surface area contributed by atoms with Crippen molar-refractivity contribution in [3.63, 3.8) is 0 Å². The lowest BCUT2D eigenvalue weighted by Gasteiger charge is -2.26. The summed E-state index contributed by atoms with van der Waals surface area (Å²) in [5.41, 5.74) is 0.538. The van der Waals surface area contributed by atoms with Crippen molar-refractivity contribution in [1.82, 2.24) is 10.2 Å². The average Bonchev–Trinajstić information content (AvgIpc) is 2.48. The van der Waals surface area contributed by atoms with Crippen LogP contribution in [0.3, 0.4) is 0 Å². The topological polar surface area (TPSA) is 58.6 Å². The molecule has 1 aromatic carbocycles. The van der Waals surface area contributed by atoms with Gasteiger partial charge in [0.25, 0.3) is 0 Å². The second-order valence-electron chi connectivity index (χ2n) is 4.87. The quantitative estimate of drug-likeness (QED) is 0.841. The number of hydrogen-bond acceptors (Lipinski definition) is 3. The molecule has 0 radical (unpaired) electrons. The van der Waals surface area contributed by atoms with E-state index in [0.29, 0.717) is 38.2 Å². The van der Waals surface area contributed by atoms with Crippen LogP contribution in [0.4, 0.5) is 4.39 Å². The Labute approximate surface area is 123 Å². The van der Waals surface area contributed by atoms with Gasteiger partial charge in [-0.2, -0.15) is 0 Å². The lowest BCUT2D eigenvalue weighted by molar-refractivity contribution is -0.142. The van der Waals surface area contributed by atoms with Crippen molar-refractivity contribution in [1.29, 1.82) is 0 Å². The van der Waals surface area contributed by atoms with Crippen LogP contribution in [0, 0.1) is 5.82 Å². The molecule has 21 heavy (non-hydrogen) atoms. The van der Waals surface area contributed by atoms with Crippen molar-refractivity contribution < 1.29 is 18.7 Å². The molecule has 1 fully saturated rings. The molecule has 1 N–H and O–H groups in total. The molecule has 0 bridgehead atoms. The van der Waals surface area contributed by atoms with E-state index >= 15 is 0 Å². The van der Waals surface area contributed by atoms with Crippen LogP contribution in [-0.4, -0.2) is 49.6 Å². The van der Waals surface area contributed by atoms with Crippen LogP contribution >= 0.6 is 0 Å². The van der Waals surface area contributed by atoms with Crippen molar-refractivity contribution in [2.45, 2.75) is 12.8 Å². The third-order valence-electron chi connectivity index (χ3n) is 3.37. The molecule has 5 nitrogen and oxygen atoms in total. The Kier molecular flexibility index (Phi) is 5.68. The van der Waals surface area contributed by atoms with Crippen LogP contribution in [-0.2, 0) is 20.7 Å². The van der Waals surface area contributed by atoms with E-state index in [9.17, 15) is 14.0 Å². The standard InChI is InChI=1S/C15H19FN2O3/c16-13-4-2-1-3-12(13)5-6-14(19)17-7-8-18-9-10-21-11-15(18)20/h1-4H,5-11H2,(H,17,19). The molecule has 0 aliphatic carbocycles. The molecule has 0 atom stereocenters. The minimum Gasteiger partial charge on any atom is -0.370 e. The van der Waals surface area contributed by atoms with Crippen LogP contribution in [0.25, 0.3) is 0 Å². The second kappa shape index (κ2) is 7.73. The fraction of sp³-hybridized carbons (Fsp3) is 0.467. The van der Waals surface area contributed by atoms with Crippen molar-refractivity contribution in [3.8, 4) is 0 Å². The van der Waals surface area contributed by atoms with E-state index in [0.717, 1.165) is 0 Å². The third kappa shape index (κ3) is 4.82. The van der Waals surface area contributed by atoms with Crippen LogP contribution in [0.5, 0.6) is 0 Å². The molecule has 1 aliphatic rings. The highest BCUT2D eigenvalue weighted by molar-refractivity contribution is 5.78. The minimum absolute atomic E-state index is 0.0538. The van der Waals surface area contributed by atoms with Crippen LogP contribution < -0.4 is 5.32 Å². The summed E-state index contributed by atoms with van der Waals surface area (Å²) in [7, 11) is 0. The number of amides is 2. The first-order chi connectivity index (χ1) is 10.2. The molecule has 1 heterocycles. The predicted octanol–water partition coefficient (Wildman–Crippen LogP) is 0.733. The van der Waals surface area contributed by atoms with E-state index in [-0.39, 0.29) is 30.7 Å². The lowest BCUT2D eigenvalue weighted by atomic mass is 10.1. The summed E-state index contributed by atoms with van der Waals surface area (Å²) in [6, 6.07) is 6.44. The number of hydrogen-bond donors (Lipinski definition) is 1. The van der Waals surface area contributed by atoms with E-state index in [4.69, 9.17) is 4.74 Å². The summed E-state index contributed by atoms with van der Waals surface area (Å²) in [5, 5.41) is 2.74. The van der Waals surface area contributed by atoms with E-state index in [1.807, 2.05) is 0 Å². The fourth-order valence-corrected chi connectivity index (χ4v) is 2.15. The van der Waals surface area contributed by atoms with Crippen LogP contribution in [0.2, 0.25) is 0 Å². The molecule has 1 aliphatic heterocycles. The summed E-state index contributed by atoms with van der Waals surface area (Å²) in [6.45, 7) is 2.09. The maximum absolute atomic E-state index is 13.4. The molecule has 0 aromatic heterocycles. The van der Waals surface area contributed by atoms with Gasteiger partial charge in [0.1, 0.15) is 12.4 Å². The van der Waals surface area contributed by atoms with Gasteiger partial charge in [-0.25, -0.2) is 4.39 Å². The van der Waals surface area contributed by atoms with Gasteiger partial charge in [0.15, 0.2) is 0 Å². The zero-order valence-corrected chi connectivity index (χ0v) is 11.8. The van der Waals surface area contributed by atoms with Crippen molar-refractivity contribution in [3.05, 3.63) is 35.6 Å². The van der Waals surface area contributed by atoms with Gasteiger partial charge < -0.3 is 15.0 Å². The van der Waals surface area contributed by atoms with Crippen molar-refractivity contribution >= 4 is 11.8 Å². The maximum atomic E-state index is 13.4. The average molecular weight is 294 g/mol. The molecule has 1 aromatic rings. The zero-order valence-electron chi connectivity index (χ0n) is 11.8. The van der Waals surface area contributed by atoms with E-state index < -0.39 is 0 Å². The molecule has 0 saturated carbocycles. The largest absolute Gasteiger partial charge is 0.370 e.